The summed E-state index contributed by atoms with van der Waals surface area (Å²) in [4.78, 5) is 0. The fourth-order valence-corrected chi connectivity index (χ4v) is 2.30. The van der Waals surface area contributed by atoms with Gasteiger partial charge in [0, 0.05) is 0 Å². The lowest BCUT2D eigenvalue weighted by Gasteiger charge is -2.33. The van der Waals surface area contributed by atoms with Gasteiger partial charge < -0.3 is 5.11 Å². The second-order valence-corrected chi connectivity index (χ2v) is 5.18. The first kappa shape index (κ1) is 10.0. The van der Waals surface area contributed by atoms with E-state index in [0.717, 1.165) is 6.42 Å². The Kier molecular flexibility index (Phi) is 3.16. The van der Waals surface area contributed by atoms with Crippen LogP contribution in [0.1, 0.15) is 52.9 Å². The number of aliphatic hydroxyl groups excluding tert-OH is 1. The molecule has 1 fully saturated rings. The minimum atomic E-state index is -0.0486. The molecule has 1 aliphatic carbocycles. The third-order valence-corrected chi connectivity index (χ3v) is 3.09. The van der Waals surface area contributed by atoms with Crippen LogP contribution in [0, 0.1) is 11.3 Å². The standard InChI is InChI=1S/C11H22O/c1-11(2,3)9-7-5-4-6-8-10(9)12/h9-10,12H,4-8H2,1-3H3/t9-,10-/m0/s1. The summed E-state index contributed by atoms with van der Waals surface area (Å²) >= 11 is 0. The molecule has 0 aromatic heterocycles. The first-order valence-corrected chi connectivity index (χ1v) is 5.20. The van der Waals surface area contributed by atoms with Crippen LogP contribution in [-0.4, -0.2) is 11.2 Å². The van der Waals surface area contributed by atoms with Gasteiger partial charge in [-0.1, -0.05) is 40.0 Å². The van der Waals surface area contributed by atoms with Crippen molar-refractivity contribution in [2.45, 2.75) is 59.0 Å². The summed E-state index contributed by atoms with van der Waals surface area (Å²) in [6.45, 7) is 6.73. The van der Waals surface area contributed by atoms with Gasteiger partial charge in [0.1, 0.15) is 0 Å². The lowest BCUT2D eigenvalue weighted by Crippen LogP contribution is -2.31. The van der Waals surface area contributed by atoms with E-state index < -0.39 is 0 Å². The van der Waals surface area contributed by atoms with Crippen molar-refractivity contribution in [3.63, 3.8) is 0 Å². The van der Waals surface area contributed by atoms with Gasteiger partial charge in [0.15, 0.2) is 0 Å². The van der Waals surface area contributed by atoms with Crippen LogP contribution in [0.25, 0.3) is 0 Å². The molecule has 1 nitrogen and oxygen atoms in total. The molecule has 0 aliphatic heterocycles. The summed E-state index contributed by atoms with van der Waals surface area (Å²) in [6, 6.07) is 0. The summed E-state index contributed by atoms with van der Waals surface area (Å²) in [5, 5.41) is 9.88. The van der Waals surface area contributed by atoms with Crippen molar-refractivity contribution >= 4 is 0 Å². The van der Waals surface area contributed by atoms with Crippen LogP contribution in [0.4, 0.5) is 0 Å². The smallest absolute Gasteiger partial charge is 0.0573 e. The van der Waals surface area contributed by atoms with E-state index >= 15 is 0 Å². The molecule has 0 heterocycles. The minimum Gasteiger partial charge on any atom is -0.393 e. The van der Waals surface area contributed by atoms with Crippen LogP contribution in [0.2, 0.25) is 0 Å². The lowest BCUT2D eigenvalue weighted by molar-refractivity contribution is 0.0377. The van der Waals surface area contributed by atoms with Crippen molar-refractivity contribution in [2.75, 3.05) is 0 Å². The molecule has 1 heteroatoms. The molecule has 72 valence electrons. The molecule has 12 heavy (non-hydrogen) atoms. The first-order valence-electron chi connectivity index (χ1n) is 5.20. The van der Waals surface area contributed by atoms with Crippen molar-refractivity contribution < 1.29 is 5.11 Å². The maximum absolute atomic E-state index is 9.88. The summed E-state index contributed by atoms with van der Waals surface area (Å²) < 4.78 is 0. The largest absolute Gasteiger partial charge is 0.393 e. The molecule has 0 spiro atoms. The number of hydrogen-bond acceptors (Lipinski definition) is 1. The Morgan fingerprint density at radius 1 is 1.00 bits per heavy atom. The van der Waals surface area contributed by atoms with Crippen molar-refractivity contribution in [1.82, 2.24) is 0 Å². The van der Waals surface area contributed by atoms with Gasteiger partial charge >= 0.3 is 0 Å². The molecule has 0 saturated heterocycles. The van der Waals surface area contributed by atoms with E-state index in [1.165, 1.54) is 25.7 Å². The van der Waals surface area contributed by atoms with Crippen LogP contribution in [0.5, 0.6) is 0 Å². The van der Waals surface area contributed by atoms with Gasteiger partial charge in [-0.2, -0.15) is 0 Å². The highest BCUT2D eigenvalue weighted by molar-refractivity contribution is 4.82. The monoisotopic (exact) mass is 170 g/mol. The Hall–Kier alpha value is -0.0400. The molecule has 0 bridgehead atoms. The minimum absolute atomic E-state index is 0.0486. The molecular formula is C11H22O. The normalized spacial score (nSPS) is 33.0. The zero-order chi connectivity index (χ0) is 9.19. The van der Waals surface area contributed by atoms with Crippen LogP contribution >= 0.6 is 0 Å². The van der Waals surface area contributed by atoms with E-state index in [0.29, 0.717) is 5.92 Å². The van der Waals surface area contributed by atoms with Crippen molar-refractivity contribution in [3.8, 4) is 0 Å². The van der Waals surface area contributed by atoms with Crippen LogP contribution in [0.3, 0.4) is 0 Å². The third kappa shape index (κ3) is 2.48. The van der Waals surface area contributed by atoms with Gasteiger partial charge in [-0.25, -0.2) is 0 Å². The van der Waals surface area contributed by atoms with Crippen LogP contribution < -0.4 is 0 Å². The maximum atomic E-state index is 9.88. The van der Waals surface area contributed by atoms with Gasteiger partial charge in [0.05, 0.1) is 6.10 Å². The van der Waals surface area contributed by atoms with Crippen LogP contribution in [-0.2, 0) is 0 Å². The Balaban J connectivity index is 2.59. The topological polar surface area (TPSA) is 20.2 Å². The van der Waals surface area contributed by atoms with E-state index in [9.17, 15) is 5.11 Å². The summed E-state index contributed by atoms with van der Waals surface area (Å²) in [5.74, 6) is 0.514. The van der Waals surface area contributed by atoms with E-state index in [1.807, 2.05) is 0 Å². The Morgan fingerprint density at radius 2 is 1.58 bits per heavy atom. The molecule has 0 unspecified atom stereocenters. The third-order valence-electron chi connectivity index (χ3n) is 3.09. The van der Waals surface area contributed by atoms with Crippen molar-refractivity contribution in [3.05, 3.63) is 0 Å². The second-order valence-electron chi connectivity index (χ2n) is 5.18. The summed E-state index contributed by atoms with van der Waals surface area (Å²) in [6.07, 6.45) is 6.01. The molecule has 0 aromatic rings. The predicted molar refractivity (Wildman–Crippen MR) is 52.0 cm³/mol. The van der Waals surface area contributed by atoms with Gasteiger partial charge in [0.25, 0.3) is 0 Å². The van der Waals surface area contributed by atoms with Gasteiger partial charge in [-0.05, 0) is 24.2 Å². The van der Waals surface area contributed by atoms with Crippen molar-refractivity contribution in [1.29, 1.82) is 0 Å². The molecule has 0 radical (unpaired) electrons. The fourth-order valence-electron chi connectivity index (χ4n) is 2.30. The average Bonchev–Trinajstić information content (AvgIpc) is 2.11. The predicted octanol–water partition coefficient (Wildman–Crippen LogP) is 2.97. The molecule has 1 rings (SSSR count). The average molecular weight is 170 g/mol. The molecule has 1 N–H and O–H groups in total. The SMILES string of the molecule is CC(C)(C)[C@H]1CCCCC[C@@H]1O. The second kappa shape index (κ2) is 3.78. The first-order chi connectivity index (χ1) is 5.52. The quantitative estimate of drug-likeness (QED) is 0.554. The summed E-state index contributed by atoms with van der Waals surface area (Å²) in [5.41, 5.74) is 0.282. The lowest BCUT2D eigenvalue weighted by atomic mass is 9.75. The van der Waals surface area contributed by atoms with E-state index in [1.54, 1.807) is 0 Å². The van der Waals surface area contributed by atoms with Gasteiger partial charge in [0.2, 0.25) is 0 Å². The highest BCUT2D eigenvalue weighted by Gasteiger charge is 2.31. The number of hydrogen-bond donors (Lipinski definition) is 1. The van der Waals surface area contributed by atoms with E-state index in [-0.39, 0.29) is 11.5 Å². The molecule has 0 aromatic carbocycles. The summed E-state index contributed by atoms with van der Waals surface area (Å²) in [7, 11) is 0. The number of aliphatic hydroxyl groups is 1. The van der Waals surface area contributed by atoms with Gasteiger partial charge in [-0.3, -0.25) is 0 Å². The fraction of sp³-hybridized carbons (Fsp3) is 1.00. The van der Waals surface area contributed by atoms with E-state index in [4.69, 9.17) is 0 Å². The Morgan fingerprint density at radius 3 is 2.17 bits per heavy atom. The highest BCUT2D eigenvalue weighted by atomic mass is 16.3. The molecular weight excluding hydrogens is 148 g/mol. The van der Waals surface area contributed by atoms with E-state index in [2.05, 4.69) is 20.8 Å². The molecule has 1 aliphatic rings. The van der Waals surface area contributed by atoms with Crippen molar-refractivity contribution in [2.24, 2.45) is 11.3 Å². The maximum Gasteiger partial charge on any atom is 0.0573 e. The zero-order valence-corrected chi connectivity index (χ0v) is 8.64. The van der Waals surface area contributed by atoms with Gasteiger partial charge in [-0.15, -0.1) is 0 Å². The number of rotatable bonds is 0. The van der Waals surface area contributed by atoms with Crippen LogP contribution in [0.15, 0.2) is 0 Å². The zero-order valence-electron chi connectivity index (χ0n) is 8.64. The Bertz CT molecular complexity index is 134. The Labute approximate surface area is 76.2 Å². The molecule has 2 atom stereocenters. The highest BCUT2D eigenvalue weighted by Crippen LogP contribution is 2.36. The molecule has 0 amide bonds. The molecule has 1 saturated carbocycles.